The number of aliphatic carboxylic acids is 1. The van der Waals surface area contributed by atoms with Gasteiger partial charge in [-0.1, -0.05) is 41.0 Å². The zero-order valence-corrected chi connectivity index (χ0v) is 13.3. The third-order valence-corrected chi connectivity index (χ3v) is 5.43. The summed E-state index contributed by atoms with van der Waals surface area (Å²) in [7, 11) is 0. The fourth-order valence-corrected chi connectivity index (χ4v) is 3.53. The molecule has 0 bridgehead atoms. The van der Waals surface area contributed by atoms with Crippen molar-refractivity contribution in [2.75, 3.05) is 13.1 Å². The smallest absolute Gasteiger partial charge is 0.308 e. The van der Waals surface area contributed by atoms with Crippen LogP contribution in [0.25, 0.3) is 0 Å². The first-order valence-corrected chi connectivity index (χ1v) is 7.84. The van der Waals surface area contributed by atoms with Crippen LogP contribution < -0.4 is 0 Å². The molecule has 3 atom stereocenters. The highest BCUT2D eigenvalue weighted by molar-refractivity contribution is 5.71. The standard InChI is InChI=1S/C16H31NO2/c1-6-16(4,5)12-9-10-13(15(18)19)14(11-12)17(7-2)8-3/h12-14H,6-11H2,1-5H3,(H,18,19). The van der Waals surface area contributed by atoms with E-state index in [2.05, 4.69) is 39.5 Å². The van der Waals surface area contributed by atoms with E-state index >= 15 is 0 Å². The lowest BCUT2D eigenvalue weighted by Gasteiger charge is -2.45. The van der Waals surface area contributed by atoms with Crippen molar-refractivity contribution in [2.45, 2.75) is 66.3 Å². The molecule has 19 heavy (non-hydrogen) atoms. The van der Waals surface area contributed by atoms with Crippen molar-refractivity contribution in [3.8, 4) is 0 Å². The van der Waals surface area contributed by atoms with Gasteiger partial charge in [-0.15, -0.1) is 0 Å². The highest BCUT2D eigenvalue weighted by Gasteiger charge is 2.41. The molecule has 3 unspecified atom stereocenters. The summed E-state index contributed by atoms with van der Waals surface area (Å²) in [5.41, 5.74) is 0.328. The minimum Gasteiger partial charge on any atom is -0.481 e. The number of hydrogen-bond acceptors (Lipinski definition) is 2. The molecule has 1 N–H and O–H groups in total. The average molecular weight is 269 g/mol. The second-order valence-electron chi connectivity index (χ2n) is 6.59. The summed E-state index contributed by atoms with van der Waals surface area (Å²) in [4.78, 5) is 13.8. The molecule has 0 heterocycles. The molecule has 0 aromatic heterocycles. The topological polar surface area (TPSA) is 40.5 Å². The Morgan fingerprint density at radius 3 is 2.21 bits per heavy atom. The van der Waals surface area contributed by atoms with Gasteiger partial charge in [-0.05, 0) is 43.7 Å². The predicted molar refractivity (Wildman–Crippen MR) is 79.2 cm³/mol. The van der Waals surface area contributed by atoms with Gasteiger partial charge in [0.05, 0.1) is 5.92 Å². The monoisotopic (exact) mass is 269 g/mol. The normalized spacial score (nSPS) is 28.6. The van der Waals surface area contributed by atoms with E-state index in [1.54, 1.807) is 0 Å². The van der Waals surface area contributed by atoms with Gasteiger partial charge in [0.2, 0.25) is 0 Å². The van der Waals surface area contributed by atoms with Crippen molar-refractivity contribution in [1.29, 1.82) is 0 Å². The van der Waals surface area contributed by atoms with E-state index in [-0.39, 0.29) is 12.0 Å². The molecular weight excluding hydrogens is 238 g/mol. The number of carboxylic acids is 1. The lowest BCUT2D eigenvalue weighted by molar-refractivity contribution is -0.147. The maximum absolute atomic E-state index is 11.5. The Morgan fingerprint density at radius 2 is 1.79 bits per heavy atom. The summed E-state index contributed by atoms with van der Waals surface area (Å²) in [5, 5.41) is 9.47. The molecule has 0 aliphatic heterocycles. The second kappa shape index (κ2) is 6.74. The molecule has 112 valence electrons. The Hall–Kier alpha value is -0.570. The van der Waals surface area contributed by atoms with E-state index in [1.807, 2.05) is 0 Å². The molecule has 0 spiro atoms. The van der Waals surface area contributed by atoms with Crippen LogP contribution in [0.15, 0.2) is 0 Å². The van der Waals surface area contributed by atoms with Crippen LogP contribution in [0.5, 0.6) is 0 Å². The fourth-order valence-electron chi connectivity index (χ4n) is 3.53. The van der Waals surface area contributed by atoms with Crippen LogP contribution in [0.1, 0.15) is 60.3 Å². The highest BCUT2D eigenvalue weighted by atomic mass is 16.4. The number of carboxylic acid groups (broad SMARTS) is 1. The van der Waals surface area contributed by atoms with Crippen LogP contribution in [-0.4, -0.2) is 35.1 Å². The van der Waals surface area contributed by atoms with Gasteiger partial charge < -0.3 is 10.0 Å². The van der Waals surface area contributed by atoms with Crippen molar-refractivity contribution in [1.82, 2.24) is 4.90 Å². The van der Waals surface area contributed by atoms with Gasteiger partial charge in [-0.25, -0.2) is 0 Å². The molecule has 1 rings (SSSR count). The third kappa shape index (κ3) is 3.71. The summed E-state index contributed by atoms with van der Waals surface area (Å²) < 4.78 is 0. The van der Waals surface area contributed by atoms with E-state index < -0.39 is 5.97 Å². The van der Waals surface area contributed by atoms with Crippen molar-refractivity contribution >= 4 is 5.97 Å². The Balaban J connectivity index is 2.88. The summed E-state index contributed by atoms with van der Waals surface area (Å²) in [6.07, 6.45) is 4.11. The van der Waals surface area contributed by atoms with Crippen molar-refractivity contribution in [3.05, 3.63) is 0 Å². The maximum atomic E-state index is 11.5. The van der Waals surface area contributed by atoms with Gasteiger partial charge in [0, 0.05) is 6.04 Å². The lowest BCUT2D eigenvalue weighted by Crippen LogP contribution is -2.49. The summed E-state index contributed by atoms with van der Waals surface area (Å²) in [6.45, 7) is 13.1. The number of carbonyl (C=O) groups is 1. The Morgan fingerprint density at radius 1 is 1.21 bits per heavy atom. The van der Waals surface area contributed by atoms with Crippen molar-refractivity contribution in [3.63, 3.8) is 0 Å². The first kappa shape index (κ1) is 16.5. The van der Waals surface area contributed by atoms with Gasteiger partial charge in [-0.3, -0.25) is 4.79 Å². The summed E-state index contributed by atoms with van der Waals surface area (Å²) in [5.74, 6) is -0.132. The summed E-state index contributed by atoms with van der Waals surface area (Å²) >= 11 is 0. The van der Waals surface area contributed by atoms with Gasteiger partial charge in [-0.2, -0.15) is 0 Å². The van der Waals surface area contributed by atoms with E-state index in [0.717, 1.165) is 32.4 Å². The zero-order chi connectivity index (χ0) is 14.6. The average Bonchev–Trinajstić information content (AvgIpc) is 2.39. The van der Waals surface area contributed by atoms with Crippen LogP contribution >= 0.6 is 0 Å². The zero-order valence-electron chi connectivity index (χ0n) is 13.3. The number of hydrogen-bond donors (Lipinski definition) is 1. The van der Waals surface area contributed by atoms with Crippen LogP contribution in [0.4, 0.5) is 0 Å². The van der Waals surface area contributed by atoms with E-state index in [0.29, 0.717) is 11.3 Å². The van der Waals surface area contributed by atoms with Crippen LogP contribution in [0.2, 0.25) is 0 Å². The molecule has 1 saturated carbocycles. The quantitative estimate of drug-likeness (QED) is 0.800. The lowest BCUT2D eigenvalue weighted by atomic mass is 9.65. The molecular formula is C16H31NO2. The molecule has 1 fully saturated rings. The highest BCUT2D eigenvalue weighted by Crippen LogP contribution is 2.43. The predicted octanol–water partition coefficient (Wildman–Crippen LogP) is 3.63. The number of rotatable bonds is 6. The van der Waals surface area contributed by atoms with Crippen LogP contribution in [0, 0.1) is 17.3 Å². The van der Waals surface area contributed by atoms with Gasteiger partial charge >= 0.3 is 5.97 Å². The molecule has 0 saturated heterocycles. The molecule has 3 nitrogen and oxygen atoms in total. The minimum atomic E-state index is -0.607. The molecule has 0 radical (unpaired) electrons. The van der Waals surface area contributed by atoms with E-state index in [9.17, 15) is 9.90 Å². The first-order valence-electron chi connectivity index (χ1n) is 7.84. The van der Waals surface area contributed by atoms with Crippen molar-refractivity contribution in [2.24, 2.45) is 17.3 Å². The van der Waals surface area contributed by atoms with Gasteiger partial charge in [0.15, 0.2) is 0 Å². The Bertz CT molecular complexity index is 297. The molecule has 0 aromatic rings. The molecule has 0 aromatic carbocycles. The number of nitrogens with zero attached hydrogens (tertiary/aromatic N) is 1. The van der Waals surface area contributed by atoms with Crippen LogP contribution in [-0.2, 0) is 4.79 Å². The maximum Gasteiger partial charge on any atom is 0.308 e. The van der Waals surface area contributed by atoms with Crippen molar-refractivity contribution < 1.29 is 9.90 Å². The van der Waals surface area contributed by atoms with Gasteiger partial charge in [0.25, 0.3) is 0 Å². The SMILES string of the molecule is CCN(CC)C1CC(C(C)(C)CC)CCC1C(=O)O. The summed E-state index contributed by atoms with van der Waals surface area (Å²) in [6, 6.07) is 0.220. The minimum absolute atomic E-state index is 0.177. The van der Waals surface area contributed by atoms with Gasteiger partial charge in [0.1, 0.15) is 0 Å². The third-order valence-electron chi connectivity index (χ3n) is 5.43. The largest absolute Gasteiger partial charge is 0.481 e. The molecule has 3 heteroatoms. The van der Waals surface area contributed by atoms with Crippen LogP contribution in [0.3, 0.4) is 0 Å². The fraction of sp³-hybridized carbons (Fsp3) is 0.938. The first-order chi connectivity index (χ1) is 8.87. The molecule has 1 aliphatic carbocycles. The molecule has 1 aliphatic rings. The van der Waals surface area contributed by atoms with E-state index in [1.165, 1.54) is 6.42 Å². The Labute approximate surface area is 118 Å². The Kier molecular flexibility index (Phi) is 5.84. The molecule has 0 amide bonds. The second-order valence-corrected chi connectivity index (χ2v) is 6.59. The van der Waals surface area contributed by atoms with E-state index in [4.69, 9.17) is 0 Å².